The Hall–Kier alpha value is -2.90. The number of carbonyl (C=O) groups excluding carboxylic acids is 2. The molecule has 1 amide bonds. The summed E-state index contributed by atoms with van der Waals surface area (Å²) >= 11 is 12.3. The van der Waals surface area contributed by atoms with Crippen molar-refractivity contribution < 1.29 is 19.1 Å². The summed E-state index contributed by atoms with van der Waals surface area (Å²) in [5, 5.41) is 1.14. The van der Waals surface area contributed by atoms with Crippen molar-refractivity contribution in [3.63, 3.8) is 0 Å². The first-order chi connectivity index (χ1) is 17.4. The molecule has 188 valence electrons. The van der Waals surface area contributed by atoms with Gasteiger partial charge in [-0.3, -0.25) is 9.69 Å². The fourth-order valence-corrected chi connectivity index (χ4v) is 4.50. The molecule has 8 heteroatoms. The number of rotatable bonds is 8. The van der Waals surface area contributed by atoms with Crippen LogP contribution in [0, 0.1) is 0 Å². The summed E-state index contributed by atoms with van der Waals surface area (Å²) in [5.74, 6) is -0.408. The van der Waals surface area contributed by atoms with Gasteiger partial charge in [-0.1, -0.05) is 59.6 Å². The lowest BCUT2D eigenvalue weighted by Crippen LogP contribution is -2.49. The van der Waals surface area contributed by atoms with E-state index in [4.69, 9.17) is 32.7 Å². The maximum Gasteiger partial charge on any atom is 0.337 e. The molecule has 0 bridgehead atoms. The number of piperazine rings is 1. The van der Waals surface area contributed by atoms with Gasteiger partial charge in [0.2, 0.25) is 0 Å². The molecule has 0 N–H and O–H groups in total. The molecule has 3 aromatic carbocycles. The zero-order valence-electron chi connectivity index (χ0n) is 20.0. The van der Waals surface area contributed by atoms with Gasteiger partial charge in [0.15, 0.2) is 0 Å². The molecule has 3 aromatic rings. The van der Waals surface area contributed by atoms with Crippen LogP contribution in [-0.2, 0) is 16.1 Å². The molecule has 1 heterocycles. The second-order valence-electron chi connectivity index (χ2n) is 8.61. The van der Waals surface area contributed by atoms with E-state index in [1.165, 1.54) is 7.11 Å². The van der Waals surface area contributed by atoms with E-state index >= 15 is 0 Å². The van der Waals surface area contributed by atoms with E-state index in [-0.39, 0.29) is 18.0 Å². The maximum atomic E-state index is 12.9. The van der Waals surface area contributed by atoms with Crippen LogP contribution < -0.4 is 0 Å². The third-order valence-electron chi connectivity index (χ3n) is 6.26. The van der Waals surface area contributed by atoms with Crippen LogP contribution in [0.1, 0.15) is 37.9 Å². The number of amides is 1. The van der Waals surface area contributed by atoms with Crippen LogP contribution in [0.4, 0.5) is 0 Å². The van der Waals surface area contributed by atoms with Crippen LogP contribution in [0.3, 0.4) is 0 Å². The quantitative estimate of drug-likeness (QED) is 0.363. The number of ether oxygens (including phenoxy) is 2. The molecule has 36 heavy (non-hydrogen) atoms. The summed E-state index contributed by atoms with van der Waals surface area (Å²) in [5.41, 5.74) is 3.02. The average molecular weight is 527 g/mol. The fraction of sp³-hybridized carbons (Fsp3) is 0.286. The highest BCUT2D eigenvalue weighted by atomic mass is 35.5. The lowest BCUT2D eigenvalue weighted by atomic mass is 10.1. The molecule has 0 aromatic heterocycles. The standard InChI is InChI=1S/C28H28Cl2N2O4/c1-35-28(34)22-8-6-20(7-9-22)19-36-26(21-10-12-23(29)13-11-21)18-31-14-16-32(17-15-31)27(33)24-4-2-3-5-25(24)30/h2-13,26H,14-19H2,1H3/t26-/m0/s1. The third-order valence-corrected chi connectivity index (χ3v) is 6.84. The predicted molar refractivity (Wildman–Crippen MR) is 141 cm³/mol. The minimum absolute atomic E-state index is 0.0406. The maximum absolute atomic E-state index is 12.9. The Morgan fingerprint density at radius 1 is 0.889 bits per heavy atom. The zero-order chi connectivity index (χ0) is 25.5. The second kappa shape index (κ2) is 12.4. The largest absolute Gasteiger partial charge is 0.465 e. The van der Waals surface area contributed by atoms with Gasteiger partial charge in [0, 0.05) is 37.7 Å². The molecule has 1 aliphatic heterocycles. The van der Waals surface area contributed by atoms with Crippen molar-refractivity contribution in [3.8, 4) is 0 Å². The number of nitrogens with zero attached hydrogens (tertiary/aromatic N) is 2. The van der Waals surface area contributed by atoms with Crippen LogP contribution >= 0.6 is 23.2 Å². The predicted octanol–water partition coefficient (Wildman–Crippen LogP) is 5.50. The van der Waals surface area contributed by atoms with Crippen molar-refractivity contribution in [2.75, 3.05) is 39.8 Å². The SMILES string of the molecule is COC(=O)c1ccc(CO[C@@H](CN2CCN(C(=O)c3ccccc3Cl)CC2)c2ccc(Cl)cc2)cc1. The van der Waals surface area contributed by atoms with E-state index in [9.17, 15) is 9.59 Å². The molecular weight excluding hydrogens is 499 g/mol. The molecule has 1 aliphatic rings. The van der Waals surface area contributed by atoms with Gasteiger partial charge in [-0.05, 0) is 47.5 Å². The van der Waals surface area contributed by atoms with Gasteiger partial charge < -0.3 is 14.4 Å². The van der Waals surface area contributed by atoms with Crippen LogP contribution in [-0.4, -0.2) is 61.5 Å². The fourth-order valence-electron chi connectivity index (χ4n) is 4.16. The van der Waals surface area contributed by atoms with Crippen LogP contribution in [0.2, 0.25) is 10.0 Å². The van der Waals surface area contributed by atoms with Crippen molar-refractivity contribution in [2.24, 2.45) is 0 Å². The van der Waals surface area contributed by atoms with E-state index in [0.717, 1.165) is 24.2 Å². The molecule has 1 saturated heterocycles. The number of carbonyl (C=O) groups is 2. The van der Waals surface area contributed by atoms with Gasteiger partial charge in [0.25, 0.3) is 5.91 Å². The summed E-state index contributed by atoms with van der Waals surface area (Å²) < 4.78 is 11.1. The number of hydrogen-bond acceptors (Lipinski definition) is 5. The van der Waals surface area contributed by atoms with Gasteiger partial charge in [-0.25, -0.2) is 4.79 Å². The summed E-state index contributed by atoms with van der Waals surface area (Å²) in [6, 6.07) is 22.0. The molecule has 1 atom stereocenters. The normalized spacial score (nSPS) is 14.9. The monoisotopic (exact) mass is 526 g/mol. The Balaban J connectivity index is 1.39. The smallest absolute Gasteiger partial charge is 0.337 e. The van der Waals surface area contributed by atoms with Crippen molar-refractivity contribution in [1.29, 1.82) is 0 Å². The summed E-state index contributed by atoms with van der Waals surface area (Å²) in [6.07, 6.45) is -0.187. The van der Waals surface area contributed by atoms with Crippen molar-refractivity contribution in [1.82, 2.24) is 9.80 Å². The Bertz CT molecular complexity index is 1180. The molecule has 0 spiro atoms. The summed E-state index contributed by atoms with van der Waals surface area (Å²) in [7, 11) is 1.36. The molecule has 0 saturated carbocycles. The van der Waals surface area contributed by atoms with E-state index in [2.05, 4.69) is 4.90 Å². The molecule has 4 rings (SSSR count). The number of esters is 1. The van der Waals surface area contributed by atoms with Gasteiger partial charge >= 0.3 is 5.97 Å². The Morgan fingerprint density at radius 2 is 1.56 bits per heavy atom. The minimum Gasteiger partial charge on any atom is -0.465 e. The molecular formula is C28H28Cl2N2O4. The first-order valence-electron chi connectivity index (χ1n) is 11.7. The number of methoxy groups -OCH3 is 1. The van der Waals surface area contributed by atoms with Crippen LogP contribution in [0.25, 0.3) is 0 Å². The highest BCUT2D eigenvalue weighted by molar-refractivity contribution is 6.33. The topological polar surface area (TPSA) is 59.1 Å². The number of benzene rings is 3. The number of hydrogen-bond donors (Lipinski definition) is 0. The molecule has 0 unspecified atom stereocenters. The zero-order valence-corrected chi connectivity index (χ0v) is 21.5. The van der Waals surface area contributed by atoms with E-state index in [1.807, 2.05) is 53.4 Å². The van der Waals surface area contributed by atoms with Gasteiger partial charge in [-0.15, -0.1) is 0 Å². The third kappa shape index (κ3) is 6.65. The van der Waals surface area contributed by atoms with Crippen molar-refractivity contribution in [3.05, 3.63) is 105 Å². The lowest BCUT2D eigenvalue weighted by Gasteiger charge is -2.36. The Kier molecular flexibility index (Phi) is 8.99. The van der Waals surface area contributed by atoms with Gasteiger partial charge in [0.1, 0.15) is 0 Å². The van der Waals surface area contributed by atoms with E-state index in [0.29, 0.717) is 47.4 Å². The molecule has 1 fully saturated rings. The summed E-state index contributed by atoms with van der Waals surface area (Å²) in [4.78, 5) is 28.7. The van der Waals surface area contributed by atoms with Crippen molar-refractivity contribution in [2.45, 2.75) is 12.7 Å². The molecule has 0 aliphatic carbocycles. The van der Waals surface area contributed by atoms with Crippen LogP contribution in [0.15, 0.2) is 72.8 Å². The van der Waals surface area contributed by atoms with Gasteiger partial charge in [0.05, 0.1) is 36.0 Å². The van der Waals surface area contributed by atoms with Crippen LogP contribution in [0.5, 0.6) is 0 Å². The Morgan fingerprint density at radius 3 is 2.19 bits per heavy atom. The molecule has 0 radical (unpaired) electrons. The lowest BCUT2D eigenvalue weighted by molar-refractivity contribution is 0.00341. The molecule has 6 nitrogen and oxygen atoms in total. The van der Waals surface area contributed by atoms with Gasteiger partial charge in [-0.2, -0.15) is 0 Å². The van der Waals surface area contributed by atoms with Crippen molar-refractivity contribution >= 4 is 35.1 Å². The average Bonchev–Trinajstić information content (AvgIpc) is 2.91. The number of halogens is 2. The van der Waals surface area contributed by atoms with E-state index in [1.54, 1.807) is 24.3 Å². The minimum atomic E-state index is -0.367. The highest BCUT2D eigenvalue weighted by Crippen LogP contribution is 2.24. The first kappa shape index (κ1) is 26.2. The first-order valence-corrected chi connectivity index (χ1v) is 12.5. The highest BCUT2D eigenvalue weighted by Gasteiger charge is 2.26. The second-order valence-corrected chi connectivity index (χ2v) is 9.46. The van der Waals surface area contributed by atoms with E-state index < -0.39 is 0 Å². The summed E-state index contributed by atoms with van der Waals surface area (Å²) in [6.45, 7) is 3.77. The Labute approximate surface area is 221 Å².